The molecule has 0 spiro atoms. The second-order valence-electron chi connectivity index (χ2n) is 6.71. The normalized spacial score (nSPS) is 12.5. The Balaban J connectivity index is 2.06. The summed E-state index contributed by atoms with van der Waals surface area (Å²) in [4.78, 5) is 19.6. The number of phenolic OH excluding ortho intramolecular Hbond substituents is 1. The Hall–Kier alpha value is -4.20. The van der Waals surface area contributed by atoms with Gasteiger partial charge in [-0.15, -0.1) is 0 Å². The molecule has 0 atom stereocenters. The molecule has 0 amide bonds. The summed E-state index contributed by atoms with van der Waals surface area (Å²) in [6.07, 6.45) is -3.91. The minimum absolute atomic E-state index is 0.00787. The quantitative estimate of drug-likeness (QED) is 0.333. The van der Waals surface area contributed by atoms with Crippen molar-refractivity contribution in [1.82, 2.24) is 0 Å². The van der Waals surface area contributed by atoms with E-state index in [9.17, 15) is 23.1 Å². The third-order valence-electron chi connectivity index (χ3n) is 4.48. The van der Waals surface area contributed by atoms with Gasteiger partial charge >= 0.3 is 6.18 Å². The highest BCUT2D eigenvalue weighted by Gasteiger charge is 2.31. The number of aldehydes is 1. The van der Waals surface area contributed by atoms with E-state index in [1.165, 1.54) is 0 Å². The summed E-state index contributed by atoms with van der Waals surface area (Å²) in [5, 5.41) is 10.1. The maximum atomic E-state index is 12.9. The van der Waals surface area contributed by atoms with Crippen molar-refractivity contribution in [2.45, 2.75) is 6.18 Å². The number of amidine groups is 2. The third-order valence-corrected chi connectivity index (χ3v) is 4.48. The Bertz CT molecular complexity index is 1200. The molecule has 3 rings (SSSR count). The number of aliphatic imine (C=N–C) groups is 2. The molecule has 3 aromatic carbocycles. The van der Waals surface area contributed by atoms with Crippen LogP contribution >= 0.6 is 0 Å². The fourth-order valence-electron chi connectivity index (χ4n) is 2.79. The lowest BCUT2D eigenvalue weighted by atomic mass is 10.1. The van der Waals surface area contributed by atoms with E-state index >= 15 is 0 Å². The number of hydrogen-bond acceptors (Lipinski definition) is 3. The van der Waals surface area contributed by atoms with E-state index < -0.39 is 17.5 Å². The summed E-state index contributed by atoms with van der Waals surface area (Å²) in [6, 6.07) is 17.7. The van der Waals surface area contributed by atoms with Crippen LogP contribution in [0.4, 0.5) is 13.2 Å². The zero-order valence-corrected chi connectivity index (χ0v) is 16.7. The van der Waals surface area contributed by atoms with E-state index in [2.05, 4.69) is 16.6 Å². The van der Waals surface area contributed by atoms with Crippen LogP contribution in [0.2, 0.25) is 0 Å². The van der Waals surface area contributed by atoms with Crippen molar-refractivity contribution in [2.75, 3.05) is 0 Å². The smallest absolute Gasteiger partial charge is 0.416 e. The van der Waals surface area contributed by atoms with Crippen LogP contribution in [0.1, 0.15) is 32.6 Å². The Kier molecular flexibility index (Phi) is 6.53. The van der Waals surface area contributed by atoms with E-state index in [-0.39, 0.29) is 22.9 Å². The molecule has 0 aliphatic heterocycles. The number of halogens is 3. The molecular formula is C24H18F3N3O2. The predicted octanol–water partition coefficient (Wildman–Crippen LogP) is 5.05. The number of alkyl halides is 3. The van der Waals surface area contributed by atoms with E-state index in [1.807, 2.05) is 6.07 Å². The molecule has 0 unspecified atom stereocenters. The standard InChI is InChI=1S/C24H18F3N3O2/c1-15(20-12-11-19(13-21(20)32)24(25,26)27)29-23(18-9-7-16(14-31)8-10-18)30-22(28)17-5-3-2-4-6-17/h2-14,32H,1H2,(H2,28,29,30). The molecule has 32 heavy (non-hydrogen) atoms. The highest BCUT2D eigenvalue weighted by molar-refractivity contribution is 6.12. The first-order chi connectivity index (χ1) is 15.2. The fraction of sp³-hybridized carbons (Fsp3) is 0.0417. The molecule has 0 heterocycles. The van der Waals surface area contributed by atoms with Crippen LogP contribution < -0.4 is 5.73 Å². The Morgan fingerprint density at radius 1 is 0.938 bits per heavy atom. The number of hydrogen-bond donors (Lipinski definition) is 2. The average molecular weight is 437 g/mol. The molecular weight excluding hydrogens is 419 g/mol. The summed E-state index contributed by atoms with van der Waals surface area (Å²) in [5.74, 6) is -0.370. The second kappa shape index (κ2) is 9.30. The number of rotatable bonds is 5. The van der Waals surface area contributed by atoms with Gasteiger partial charge in [0.05, 0.1) is 11.3 Å². The van der Waals surface area contributed by atoms with Crippen molar-refractivity contribution in [3.63, 3.8) is 0 Å². The molecule has 0 bridgehead atoms. The molecule has 0 aliphatic rings. The third kappa shape index (κ3) is 5.28. The van der Waals surface area contributed by atoms with Crippen molar-refractivity contribution < 1.29 is 23.1 Å². The lowest BCUT2D eigenvalue weighted by Crippen LogP contribution is -2.16. The van der Waals surface area contributed by atoms with E-state index in [0.717, 1.165) is 12.1 Å². The van der Waals surface area contributed by atoms with Crippen molar-refractivity contribution >= 4 is 23.7 Å². The van der Waals surface area contributed by atoms with Gasteiger partial charge < -0.3 is 10.8 Å². The Morgan fingerprint density at radius 2 is 1.59 bits per heavy atom. The highest BCUT2D eigenvalue weighted by atomic mass is 19.4. The van der Waals surface area contributed by atoms with E-state index in [0.29, 0.717) is 29.0 Å². The molecule has 0 fully saturated rings. The fourth-order valence-corrected chi connectivity index (χ4v) is 2.79. The predicted molar refractivity (Wildman–Crippen MR) is 118 cm³/mol. The maximum absolute atomic E-state index is 12.9. The highest BCUT2D eigenvalue weighted by Crippen LogP contribution is 2.34. The van der Waals surface area contributed by atoms with Crippen LogP contribution in [0, 0.1) is 0 Å². The van der Waals surface area contributed by atoms with Crippen molar-refractivity contribution in [3.05, 3.63) is 107 Å². The largest absolute Gasteiger partial charge is 0.507 e. The number of nitrogens with two attached hydrogens (primary N) is 1. The molecule has 5 nitrogen and oxygen atoms in total. The lowest BCUT2D eigenvalue weighted by Gasteiger charge is -2.11. The van der Waals surface area contributed by atoms with Gasteiger partial charge in [-0.3, -0.25) is 4.79 Å². The van der Waals surface area contributed by atoms with Crippen molar-refractivity contribution in [3.8, 4) is 5.75 Å². The molecule has 0 aliphatic carbocycles. The number of benzene rings is 3. The van der Waals surface area contributed by atoms with Gasteiger partial charge in [-0.05, 0) is 18.2 Å². The van der Waals surface area contributed by atoms with Crippen LogP contribution in [0.25, 0.3) is 5.70 Å². The number of carbonyl (C=O) groups excluding carboxylic acids is 1. The molecule has 162 valence electrons. The zero-order valence-electron chi connectivity index (χ0n) is 16.7. The number of aromatic hydroxyl groups is 1. The average Bonchev–Trinajstić information content (AvgIpc) is 2.78. The first kappa shape index (κ1) is 22.5. The molecule has 0 radical (unpaired) electrons. The topological polar surface area (TPSA) is 88.0 Å². The van der Waals surface area contributed by atoms with Gasteiger partial charge in [-0.25, -0.2) is 9.98 Å². The molecule has 8 heteroatoms. The number of carbonyl (C=O) groups is 1. The maximum Gasteiger partial charge on any atom is 0.416 e. The summed E-state index contributed by atoms with van der Waals surface area (Å²) in [5.41, 5.74) is 6.66. The van der Waals surface area contributed by atoms with E-state index in [4.69, 9.17) is 5.73 Å². The summed E-state index contributed by atoms with van der Waals surface area (Å²) in [6.45, 7) is 3.76. The van der Waals surface area contributed by atoms with E-state index in [1.54, 1.807) is 48.5 Å². The second-order valence-corrected chi connectivity index (χ2v) is 6.71. The molecule has 0 saturated carbocycles. The SMILES string of the molecule is C=C(N=C(N=C(N)c1ccccc1)c1ccc(C=O)cc1)c1ccc(C(F)(F)F)cc1O. The molecule has 0 aromatic heterocycles. The zero-order chi connectivity index (χ0) is 23.3. The number of phenols is 1. The summed E-state index contributed by atoms with van der Waals surface area (Å²) < 4.78 is 38.6. The van der Waals surface area contributed by atoms with Crippen LogP contribution in [-0.4, -0.2) is 23.1 Å². The van der Waals surface area contributed by atoms with Crippen molar-refractivity contribution in [1.29, 1.82) is 0 Å². The van der Waals surface area contributed by atoms with Crippen LogP contribution in [-0.2, 0) is 6.18 Å². The molecule has 3 aromatic rings. The minimum atomic E-state index is -4.60. The number of nitrogens with zero attached hydrogens (tertiary/aromatic N) is 2. The van der Waals surface area contributed by atoms with Crippen LogP contribution in [0.5, 0.6) is 5.75 Å². The van der Waals surface area contributed by atoms with Gasteiger partial charge in [0, 0.05) is 22.3 Å². The van der Waals surface area contributed by atoms with Gasteiger partial charge in [-0.2, -0.15) is 13.2 Å². The minimum Gasteiger partial charge on any atom is -0.507 e. The molecule has 3 N–H and O–H groups in total. The van der Waals surface area contributed by atoms with Gasteiger partial charge in [-0.1, -0.05) is 61.2 Å². The Morgan fingerprint density at radius 3 is 2.16 bits per heavy atom. The van der Waals surface area contributed by atoms with Gasteiger partial charge in [0.1, 0.15) is 17.9 Å². The van der Waals surface area contributed by atoms with Gasteiger partial charge in [0.15, 0.2) is 5.84 Å². The first-order valence-electron chi connectivity index (χ1n) is 9.32. The van der Waals surface area contributed by atoms with Gasteiger partial charge in [0.2, 0.25) is 0 Å². The lowest BCUT2D eigenvalue weighted by molar-refractivity contribution is -0.137. The Labute approximate surface area is 182 Å². The molecule has 0 saturated heterocycles. The van der Waals surface area contributed by atoms with Crippen LogP contribution in [0.15, 0.2) is 89.4 Å². The van der Waals surface area contributed by atoms with Crippen molar-refractivity contribution in [2.24, 2.45) is 15.7 Å². The summed E-state index contributed by atoms with van der Waals surface area (Å²) >= 11 is 0. The monoisotopic (exact) mass is 437 g/mol. The first-order valence-corrected chi connectivity index (χ1v) is 9.32. The van der Waals surface area contributed by atoms with Crippen LogP contribution in [0.3, 0.4) is 0 Å². The summed E-state index contributed by atoms with van der Waals surface area (Å²) in [7, 11) is 0. The van der Waals surface area contributed by atoms with Gasteiger partial charge in [0.25, 0.3) is 0 Å².